The Hall–Kier alpha value is -1.76. The molecule has 1 N–H and O–H groups in total. The summed E-state index contributed by atoms with van der Waals surface area (Å²) in [5, 5.41) is 1.96. The second-order valence-corrected chi connectivity index (χ2v) is 7.39. The quantitative estimate of drug-likeness (QED) is 0.759. The van der Waals surface area contributed by atoms with Gasteiger partial charge in [-0.3, -0.25) is 9.59 Å². The van der Waals surface area contributed by atoms with Crippen molar-refractivity contribution in [1.29, 1.82) is 0 Å². The minimum absolute atomic E-state index is 0.0523. The van der Waals surface area contributed by atoms with Crippen LogP contribution in [0.1, 0.15) is 45.1 Å². The van der Waals surface area contributed by atoms with E-state index in [2.05, 4.69) is 5.32 Å². The topological polar surface area (TPSA) is 49.4 Å². The smallest absolute Gasteiger partial charge is 0.342 e. The fourth-order valence-corrected chi connectivity index (χ4v) is 3.10. The van der Waals surface area contributed by atoms with Crippen molar-refractivity contribution in [2.75, 3.05) is 18.4 Å². The van der Waals surface area contributed by atoms with Crippen molar-refractivity contribution in [3.63, 3.8) is 0 Å². The predicted octanol–water partition coefficient (Wildman–Crippen LogP) is 4.73. The second-order valence-electron chi connectivity index (χ2n) is 6.98. The standard InChI is InChI=1S/C18H22ClF3N2O2/c1-17(2,16(26)24-9-5-3-4-6-10-24)15(25)23-12-7-8-14(19)13(11-12)18(20,21)22/h7-8,11H,3-6,9-10H2,1-2H3,(H,23,25). The van der Waals surface area contributed by atoms with Crippen LogP contribution < -0.4 is 5.32 Å². The van der Waals surface area contributed by atoms with Crippen molar-refractivity contribution in [2.24, 2.45) is 5.41 Å². The highest BCUT2D eigenvalue weighted by Gasteiger charge is 2.40. The summed E-state index contributed by atoms with van der Waals surface area (Å²) >= 11 is 5.58. The number of carbonyl (C=O) groups excluding carboxylic acids is 2. The van der Waals surface area contributed by atoms with E-state index in [1.165, 1.54) is 19.9 Å². The third kappa shape index (κ3) is 4.69. The Balaban J connectivity index is 2.16. The molecule has 0 aromatic heterocycles. The third-order valence-corrected chi connectivity index (χ3v) is 4.85. The van der Waals surface area contributed by atoms with Crippen LogP contribution in [0.25, 0.3) is 0 Å². The van der Waals surface area contributed by atoms with Gasteiger partial charge in [-0.15, -0.1) is 0 Å². The molecular weight excluding hydrogens is 369 g/mol. The van der Waals surface area contributed by atoms with Gasteiger partial charge in [-0.25, -0.2) is 0 Å². The van der Waals surface area contributed by atoms with Gasteiger partial charge >= 0.3 is 6.18 Å². The first-order valence-electron chi connectivity index (χ1n) is 8.51. The zero-order valence-electron chi connectivity index (χ0n) is 14.8. The number of alkyl halides is 3. The lowest BCUT2D eigenvalue weighted by atomic mass is 9.90. The molecule has 1 aromatic rings. The molecule has 1 heterocycles. The molecule has 0 aliphatic carbocycles. The lowest BCUT2D eigenvalue weighted by molar-refractivity contribution is -0.146. The summed E-state index contributed by atoms with van der Waals surface area (Å²) in [5.41, 5.74) is -2.47. The zero-order valence-corrected chi connectivity index (χ0v) is 15.5. The number of hydrogen-bond donors (Lipinski definition) is 1. The lowest BCUT2D eigenvalue weighted by Gasteiger charge is -2.30. The summed E-state index contributed by atoms with van der Waals surface area (Å²) in [4.78, 5) is 27.0. The lowest BCUT2D eigenvalue weighted by Crippen LogP contribution is -2.47. The molecule has 2 amide bonds. The molecule has 2 rings (SSSR count). The molecule has 0 atom stereocenters. The van der Waals surface area contributed by atoms with Gasteiger partial charge in [0.25, 0.3) is 0 Å². The molecule has 1 aliphatic rings. The average Bonchev–Trinajstić information content (AvgIpc) is 2.83. The molecule has 0 unspecified atom stereocenters. The Morgan fingerprint density at radius 3 is 2.19 bits per heavy atom. The van der Waals surface area contributed by atoms with Gasteiger partial charge in [0.2, 0.25) is 11.8 Å². The summed E-state index contributed by atoms with van der Waals surface area (Å²) in [7, 11) is 0. The van der Waals surface area contributed by atoms with Gasteiger partial charge in [-0.1, -0.05) is 24.4 Å². The maximum atomic E-state index is 13.0. The van der Waals surface area contributed by atoms with E-state index in [0.29, 0.717) is 13.1 Å². The number of likely N-dealkylation sites (tertiary alicyclic amines) is 1. The van der Waals surface area contributed by atoms with E-state index < -0.39 is 28.1 Å². The summed E-state index contributed by atoms with van der Waals surface area (Å²) < 4.78 is 38.9. The highest BCUT2D eigenvalue weighted by atomic mass is 35.5. The number of carbonyl (C=O) groups is 2. The summed E-state index contributed by atoms with van der Waals surface area (Å²) in [6.45, 7) is 4.15. The maximum Gasteiger partial charge on any atom is 0.417 e. The molecule has 8 heteroatoms. The maximum absolute atomic E-state index is 13.0. The SMILES string of the molecule is CC(C)(C(=O)Nc1ccc(Cl)c(C(F)(F)F)c1)C(=O)N1CCCCCC1. The highest BCUT2D eigenvalue weighted by Crippen LogP contribution is 2.36. The fraction of sp³-hybridized carbons (Fsp3) is 0.556. The van der Waals surface area contributed by atoms with Crippen molar-refractivity contribution < 1.29 is 22.8 Å². The number of halogens is 4. The Bertz CT molecular complexity index is 682. The van der Waals surface area contributed by atoms with E-state index in [4.69, 9.17) is 11.6 Å². The molecule has 0 radical (unpaired) electrons. The average molecular weight is 391 g/mol. The molecule has 0 spiro atoms. The van der Waals surface area contributed by atoms with Crippen LogP contribution >= 0.6 is 11.6 Å². The highest BCUT2D eigenvalue weighted by molar-refractivity contribution is 6.31. The third-order valence-electron chi connectivity index (χ3n) is 4.53. The molecular formula is C18H22ClF3N2O2. The van der Waals surface area contributed by atoms with Crippen molar-refractivity contribution >= 4 is 29.1 Å². The van der Waals surface area contributed by atoms with E-state index >= 15 is 0 Å². The zero-order chi connectivity index (χ0) is 19.5. The van der Waals surface area contributed by atoms with Gasteiger partial charge in [0.05, 0.1) is 10.6 Å². The summed E-state index contributed by atoms with van der Waals surface area (Å²) in [6, 6.07) is 3.12. The normalized spacial score (nSPS) is 16.2. The first-order chi connectivity index (χ1) is 12.0. The molecule has 26 heavy (non-hydrogen) atoms. The van der Waals surface area contributed by atoms with Gasteiger partial charge in [0.1, 0.15) is 5.41 Å². The van der Waals surface area contributed by atoms with Gasteiger partial charge in [-0.05, 0) is 44.9 Å². The largest absolute Gasteiger partial charge is 0.417 e. The van der Waals surface area contributed by atoms with Crippen molar-refractivity contribution in [3.05, 3.63) is 28.8 Å². The molecule has 0 bridgehead atoms. The van der Waals surface area contributed by atoms with Crippen molar-refractivity contribution in [2.45, 2.75) is 45.7 Å². The second kappa shape index (κ2) is 7.86. The van der Waals surface area contributed by atoms with Crippen LogP contribution in [-0.4, -0.2) is 29.8 Å². The monoisotopic (exact) mass is 390 g/mol. The predicted molar refractivity (Wildman–Crippen MR) is 93.9 cm³/mol. The summed E-state index contributed by atoms with van der Waals surface area (Å²) in [6.07, 6.45) is -0.775. The van der Waals surface area contributed by atoms with E-state index in [0.717, 1.165) is 37.8 Å². The molecule has 1 aromatic carbocycles. The van der Waals surface area contributed by atoms with Crippen LogP contribution in [0.4, 0.5) is 18.9 Å². The Labute approximate surface area is 155 Å². The molecule has 0 saturated carbocycles. The number of amides is 2. The van der Waals surface area contributed by atoms with Crippen LogP contribution in [0.15, 0.2) is 18.2 Å². The number of benzene rings is 1. The van der Waals surface area contributed by atoms with Gasteiger partial charge in [-0.2, -0.15) is 13.2 Å². The Morgan fingerprint density at radius 1 is 1.08 bits per heavy atom. The summed E-state index contributed by atoms with van der Waals surface area (Å²) in [5.74, 6) is -0.968. The van der Waals surface area contributed by atoms with E-state index in [9.17, 15) is 22.8 Å². The van der Waals surface area contributed by atoms with E-state index in [1.807, 2.05) is 0 Å². The molecule has 144 valence electrons. The van der Waals surface area contributed by atoms with Crippen LogP contribution in [0.3, 0.4) is 0 Å². The number of hydrogen-bond acceptors (Lipinski definition) is 2. The van der Waals surface area contributed by atoms with Gasteiger partial charge in [0, 0.05) is 18.8 Å². The van der Waals surface area contributed by atoms with Crippen molar-refractivity contribution in [1.82, 2.24) is 4.90 Å². The molecule has 1 aliphatic heterocycles. The van der Waals surface area contributed by atoms with Crippen LogP contribution in [0.5, 0.6) is 0 Å². The van der Waals surface area contributed by atoms with Crippen LogP contribution in [0.2, 0.25) is 5.02 Å². The molecule has 1 fully saturated rings. The fourth-order valence-electron chi connectivity index (χ4n) is 2.87. The minimum Gasteiger partial charge on any atom is -0.342 e. The number of nitrogens with one attached hydrogen (secondary N) is 1. The first-order valence-corrected chi connectivity index (χ1v) is 8.89. The van der Waals surface area contributed by atoms with E-state index in [1.54, 1.807) is 4.90 Å². The Kier molecular flexibility index (Phi) is 6.21. The Morgan fingerprint density at radius 2 is 1.65 bits per heavy atom. The van der Waals surface area contributed by atoms with Gasteiger partial charge in [0.15, 0.2) is 0 Å². The van der Waals surface area contributed by atoms with E-state index in [-0.39, 0.29) is 11.6 Å². The number of nitrogens with zero attached hydrogens (tertiary/aromatic N) is 1. The number of anilines is 1. The molecule has 4 nitrogen and oxygen atoms in total. The van der Waals surface area contributed by atoms with Crippen LogP contribution in [-0.2, 0) is 15.8 Å². The van der Waals surface area contributed by atoms with Crippen LogP contribution in [0, 0.1) is 5.41 Å². The van der Waals surface area contributed by atoms with Gasteiger partial charge < -0.3 is 10.2 Å². The first kappa shape index (κ1) is 20.6. The number of rotatable bonds is 3. The minimum atomic E-state index is -4.63. The molecule has 1 saturated heterocycles. The van der Waals surface area contributed by atoms with Crippen molar-refractivity contribution in [3.8, 4) is 0 Å².